The highest BCUT2D eigenvalue weighted by atomic mass is 15.1. The molecule has 2 heterocycles. The molecule has 2 nitrogen and oxygen atoms in total. The van der Waals surface area contributed by atoms with Crippen molar-refractivity contribution in [1.29, 1.82) is 0 Å². The summed E-state index contributed by atoms with van der Waals surface area (Å²) in [6.07, 6.45) is 2.57. The number of fused-ring (bicyclic) bond motifs is 2. The summed E-state index contributed by atoms with van der Waals surface area (Å²) < 4.78 is 0. The van der Waals surface area contributed by atoms with E-state index in [2.05, 4.69) is 41.5 Å². The lowest BCUT2D eigenvalue weighted by Gasteiger charge is -2.45. The van der Waals surface area contributed by atoms with Crippen molar-refractivity contribution < 1.29 is 0 Å². The van der Waals surface area contributed by atoms with Gasteiger partial charge in [-0.15, -0.1) is 0 Å². The molecule has 1 fully saturated rings. The second kappa shape index (κ2) is 3.86. The lowest BCUT2D eigenvalue weighted by molar-refractivity contribution is 0.173. The minimum Gasteiger partial charge on any atom is -0.317 e. The van der Waals surface area contributed by atoms with Crippen molar-refractivity contribution in [1.82, 2.24) is 10.2 Å². The number of rotatable bonds is 0. The second-order valence-corrected chi connectivity index (χ2v) is 5.36. The van der Waals surface area contributed by atoms with Crippen molar-refractivity contribution >= 4 is 0 Å². The molecule has 3 rings (SSSR count). The Kier molecular flexibility index (Phi) is 2.49. The van der Waals surface area contributed by atoms with Gasteiger partial charge in [-0.25, -0.2) is 0 Å². The Balaban J connectivity index is 2.05. The fourth-order valence-corrected chi connectivity index (χ4v) is 3.46. The average molecular weight is 216 g/mol. The molecule has 2 aliphatic heterocycles. The first kappa shape index (κ1) is 10.3. The molecule has 1 aromatic carbocycles. The van der Waals surface area contributed by atoms with Crippen molar-refractivity contribution in [3.8, 4) is 0 Å². The third kappa shape index (κ3) is 1.57. The van der Waals surface area contributed by atoms with Gasteiger partial charge in [-0.05, 0) is 44.1 Å². The summed E-state index contributed by atoms with van der Waals surface area (Å²) >= 11 is 0. The van der Waals surface area contributed by atoms with Gasteiger partial charge in [-0.2, -0.15) is 0 Å². The summed E-state index contributed by atoms with van der Waals surface area (Å²) in [5, 5.41) is 3.48. The second-order valence-electron chi connectivity index (χ2n) is 5.36. The number of hydrogen-bond donors (Lipinski definition) is 1. The number of nitrogens with zero attached hydrogens (tertiary/aromatic N) is 1. The van der Waals surface area contributed by atoms with Crippen LogP contribution >= 0.6 is 0 Å². The number of piperidine rings is 1. The van der Waals surface area contributed by atoms with Gasteiger partial charge < -0.3 is 10.2 Å². The molecule has 1 aromatic rings. The van der Waals surface area contributed by atoms with Crippen molar-refractivity contribution in [3.05, 3.63) is 35.4 Å². The standard InChI is InChI=1S/C14H20N2/c1-16-10-12-4-2-3-5-13(12)14(11-16)6-8-15-9-7-14/h2-5,15H,6-11H2,1H3. The Labute approximate surface area is 97.6 Å². The molecule has 0 atom stereocenters. The minimum absolute atomic E-state index is 0.425. The third-order valence-corrected chi connectivity index (χ3v) is 4.16. The maximum atomic E-state index is 3.48. The monoisotopic (exact) mass is 216 g/mol. The zero-order valence-corrected chi connectivity index (χ0v) is 10.00. The van der Waals surface area contributed by atoms with E-state index in [0.29, 0.717) is 5.41 Å². The van der Waals surface area contributed by atoms with E-state index in [-0.39, 0.29) is 0 Å². The molecule has 0 saturated carbocycles. The molecular formula is C14H20N2. The van der Waals surface area contributed by atoms with Gasteiger partial charge in [0, 0.05) is 18.5 Å². The maximum Gasteiger partial charge on any atom is 0.0234 e. The fraction of sp³-hybridized carbons (Fsp3) is 0.571. The zero-order valence-electron chi connectivity index (χ0n) is 10.00. The lowest BCUT2D eigenvalue weighted by atomic mass is 9.69. The van der Waals surface area contributed by atoms with E-state index in [9.17, 15) is 0 Å². The molecule has 0 radical (unpaired) electrons. The van der Waals surface area contributed by atoms with Crippen LogP contribution in [0, 0.1) is 0 Å². The summed E-state index contributed by atoms with van der Waals surface area (Å²) in [6.45, 7) is 4.68. The minimum atomic E-state index is 0.425. The molecule has 0 bridgehead atoms. The number of likely N-dealkylation sites (N-methyl/N-ethyl adjacent to an activating group) is 1. The molecule has 0 aromatic heterocycles. The van der Waals surface area contributed by atoms with Crippen LogP contribution in [0.1, 0.15) is 24.0 Å². The molecule has 2 heteroatoms. The van der Waals surface area contributed by atoms with Gasteiger partial charge in [-0.3, -0.25) is 0 Å². The first-order chi connectivity index (χ1) is 7.80. The van der Waals surface area contributed by atoms with Crippen LogP contribution in [-0.2, 0) is 12.0 Å². The summed E-state index contributed by atoms with van der Waals surface area (Å²) in [7, 11) is 2.25. The Morgan fingerprint density at radius 1 is 1.19 bits per heavy atom. The number of hydrogen-bond acceptors (Lipinski definition) is 2. The normalized spacial score (nSPS) is 24.3. The van der Waals surface area contributed by atoms with Crippen LogP contribution < -0.4 is 5.32 Å². The molecule has 16 heavy (non-hydrogen) atoms. The summed E-state index contributed by atoms with van der Waals surface area (Å²) in [5.74, 6) is 0. The molecule has 1 N–H and O–H groups in total. The molecule has 1 saturated heterocycles. The van der Waals surface area contributed by atoms with Gasteiger partial charge in [0.05, 0.1) is 0 Å². The van der Waals surface area contributed by atoms with Crippen LogP contribution in [0.4, 0.5) is 0 Å². The predicted octanol–water partition coefficient (Wildman–Crippen LogP) is 1.75. The molecule has 2 aliphatic rings. The van der Waals surface area contributed by atoms with Crippen LogP contribution in [-0.4, -0.2) is 31.6 Å². The SMILES string of the molecule is CN1Cc2ccccc2C2(CCNCC2)C1. The first-order valence-electron chi connectivity index (χ1n) is 6.28. The highest BCUT2D eigenvalue weighted by molar-refractivity contribution is 5.37. The number of nitrogens with one attached hydrogen (secondary N) is 1. The van der Waals surface area contributed by atoms with E-state index < -0.39 is 0 Å². The predicted molar refractivity (Wildman–Crippen MR) is 66.6 cm³/mol. The van der Waals surface area contributed by atoms with Crippen LogP contribution in [0.15, 0.2) is 24.3 Å². The summed E-state index contributed by atoms with van der Waals surface area (Å²) in [6, 6.07) is 9.03. The summed E-state index contributed by atoms with van der Waals surface area (Å²) in [5.41, 5.74) is 3.59. The Morgan fingerprint density at radius 3 is 2.75 bits per heavy atom. The van der Waals surface area contributed by atoms with E-state index in [1.165, 1.54) is 38.0 Å². The smallest absolute Gasteiger partial charge is 0.0234 e. The topological polar surface area (TPSA) is 15.3 Å². The molecular weight excluding hydrogens is 196 g/mol. The van der Waals surface area contributed by atoms with E-state index in [4.69, 9.17) is 0 Å². The van der Waals surface area contributed by atoms with Crippen molar-refractivity contribution in [3.63, 3.8) is 0 Å². The quantitative estimate of drug-likeness (QED) is 0.711. The van der Waals surface area contributed by atoms with E-state index in [1.54, 1.807) is 5.56 Å². The molecule has 86 valence electrons. The van der Waals surface area contributed by atoms with Crippen molar-refractivity contribution in [2.24, 2.45) is 0 Å². The van der Waals surface area contributed by atoms with Gasteiger partial charge in [0.1, 0.15) is 0 Å². The zero-order chi connectivity index (χ0) is 11.0. The highest BCUT2D eigenvalue weighted by Crippen LogP contribution is 2.39. The Morgan fingerprint density at radius 2 is 1.94 bits per heavy atom. The molecule has 1 spiro atoms. The van der Waals surface area contributed by atoms with Crippen LogP contribution in [0.25, 0.3) is 0 Å². The van der Waals surface area contributed by atoms with E-state index in [0.717, 1.165) is 6.54 Å². The van der Waals surface area contributed by atoms with Gasteiger partial charge in [0.15, 0.2) is 0 Å². The lowest BCUT2D eigenvalue weighted by Crippen LogP contribution is -2.49. The average Bonchev–Trinajstić information content (AvgIpc) is 2.30. The number of benzene rings is 1. The highest BCUT2D eigenvalue weighted by Gasteiger charge is 2.39. The fourth-order valence-electron chi connectivity index (χ4n) is 3.46. The van der Waals surface area contributed by atoms with Crippen molar-refractivity contribution in [2.75, 3.05) is 26.7 Å². The van der Waals surface area contributed by atoms with E-state index in [1.807, 2.05) is 0 Å². The Bertz CT molecular complexity index is 380. The van der Waals surface area contributed by atoms with Gasteiger partial charge in [-0.1, -0.05) is 24.3 Å². The van der Waals surface area contributed by atoms with Gasteiger partial charge in [0.2, 0.25) is 0 Å². The van der Waals surface area contributed by atoms with Gasteiger partial charge in [0.25, 0.3) is 0 Å². The van der Waals surface area contributed by atoms with Crippen LogP contribution in [0.5, 0.6) is 0 Å². The van der Waals surface area contributed by atoms with Crippen LogP contribution in [0.2, 0.25) is 0 Å². The first-order valence-corrected chi connectivity index (χ1v) is 6.28. The maximum absolute atomic E-state index is 3.48. The van der Waals surface area contributed by atoms with Gasteiger partial charge >= 0.3 is 0 Å². The summed E-state index contributed by atoms with van der Waals surface area (Å²) in [4.78, 5) is 2.48. The van der Waals surface area contributed by atoms with E-state index >= 15 is 0 Å². The third-order valence-electron chi connectivity index (χ3n) is 4.16. The molecule has 0 unspecified atom stereocenters. The molecule has 0 aliphatic carbocycles. The van der Waals surface area contributed by atoms with Crippen LogP contribution in [0.3, 0.4) is 0 Å². The Hall–Kier alpha value is -0.860. The molecule has 0 amide bonds. The largest absolute Gasteiger partial charge is 0.317 e. The van der Waals surface area contributed by atoms with Crippen molar-refractivity contribution in [2.45, 2.75) is 24.8 Å².